The van der Waals surface area contributed by atoms with Gasteiger partial charge in [-0.05, 0) is 17.7 Å². The van der Waals surface area contributed by atoms with Gasteiger partial charge >= 0.3 is 0 Å². The minimum Gasteiger partial charge on any atom is -0.495 e. The van der Waals surface area contributed by atoms with Gasteiger partial charge in [0.2, 0.25) is 0 Å². The molecule has 2 aromatic rings. The second kappa shape index (κ2) is 6.26. The minimum absolute atomic E-state index is 0.593. The fraction of sp³-hybridized carbons (Fsp3) is 0.133. The van der Waals surface area contributed by atoms with Crippen LogP contribution in [0.2, 0.25) is 0 Å². The molecule has 2 nitrogen and oxygen atoms in total. The van der Waals surface area contributed by atoms with Crippen LogP contribution in [0.4, 0.5) is 0 Å². The normalized spacial score (nSPS) is 10.1. The van der Waals surface area contributed by atoms with Gasteiger partial charge in [0.1, 0.15) is 5.75 Å². The third-order valence-corrected chi connectivity index (χ3v) is 3.69. The predicted molar refractivity (Wildman–Crippen MR) is 74.4 cm³/mol. The van der Waals surface area contributed by atoms with Crippen LogP contribution in [0.25, 0.3) is 0 Å². The number of thioether (sulfide) groups is 1. The van der Waals surface area contributed by atoms with Gasteiger partial charge in [-0.3, -0.25) is 4.79 Å². The van der Waals surface area contributed by atoms with Crippen molar-refractivity contribution < 1.29 is 9.53 Å². The topological polar surface area (TPSA) is 26.3 Å². The van der Waals surface area contributed by atoms with Crippen molar-refractivity contribution in [1.29, 1.82) is 0 Å². The number of benzene rings is 2. The van der Waals surface area contributed by atoms with Crippen LogP contribution < -0.4 is 4.74 Å². The van der Waals surface area contributed by atoms with Gasteiger partial charge in [-0.15, -0.1) is 11.8 Å². The number of hydrogen-bond acceptors (Lipinski definition) is 3. The van der Waals surface area contributed by atoms with Crippen LogP contribution in [-0.2, 0) is 5.75 Å². The summed E-state index contributed by atoms with van der Waals surface area (Å²) in [7, 11) is 1.59. The van der Waals surface area contributed by atoms with Gasteiger partial charge in [-0.2, -0.15) is 0 Å². The zero-order valence-electron chi connectivity index (χ0n) is 10.1. The Morgan fingerprint density at radius 1 is 1.11 bits per heavy atom. The molecular weight excluding hydrogens is 244 g/mol. The molecule has 18 heavy (non-hydrogen) atoms. The van der Waals surface area contributed by atoms with Crippen LogP contribution in [0.5, 0.6) is 5.75 Å². The number of hydrogen-bond donors (Lipinski definition) is 0. The first-order valence-electron chi connectivity index (χ1n) is 5.64. The molecule has 0 aliphatic heterocycles. The summed E-state index contributed by atoms with van der Waals surface area (Å²) in [5.41, 5.74) is 1.84. The molecule has 0 bridgehead atoms. The monoisotopic (exact) mass is 258 g/mol. The summed E-state index contributed by atoms with van der Waals surface area (Å²) in [5, 5.41) is 0. The molecule has 0 aromatic heterocycles. The van der Waals surface area contributed by atoms with Gasteiger partial charge in [0, 0.05) is 5.75 Å². The van der Waals surface area contributed by atoms with Crippen molar-refractivity contribution in [3.63, 3.8) is 0 Å². The molecule has 0 heterocycles. The Labute approximate surface area is 111 Å². The van der Waals surface area contributed by atoms with E-state index in [1.807, 2.05) is 30.3 Å². The highest BCUT2D eigenvalue weighted by Gasteiger charge is 2.08. The van der Waals surface area contributed by atoms with Gasteiger partial charge in [-0.1, -0.05) is 36.4 Å². The van der Waals surface area contributed by atoms with E-state index in [1.54, 1.807) is 24.9 Å². The molecule has 0 unspecified atom stereocenters. The van der Waals surface area contributed by atoms with Crippen LogP contribution in [-0.4, -0.2) is 13.4 Å². The van der Waals surface area contributed by atoms with Crippen molar-refractivity contribution in [2.75, 3.05) is 7.11 Å². The molecule has 0 radical (unpaired) electrons. The minimum atomic E-state index is 0.593. The van der Waals surface area contributed by atoms with E-state index in [-0.39, 0.29) is 0 Å². The second-order valence-electron chi connectivity index (χ2n) is 3.77. The fourth-order valence-electron chi connectivity index (χ4n) is 1.69. The molecule has 0 fully saturated rings. The Hall–Kier alpha value is -1.74. The number of rotatable bonds is 5. The lowest BCUT2D eigenvalue weighted by molar-refractivity contribution is 0.112. The Morgan fingerprint density at radius 3 is 2.56 bits per heavy atom. The quantitative estimate of drug-likeness (QED) is 0.602. The summed E-state index contributed by atoms with van der Waals surface area (Å²) in [5.74, 6) is 1.52. The maximum absolute atomic E-state index is 10.9. The van der Waals surface area contributed by atoms with Gasteiger partial charge in [0.15, 0.2) is 6.29 Å². The highest BCUT2D eigenvalue weighted by molar-refractivity contribution is 7.98. The van der Waals surface area contributed by atoms with E-state index in [4.69, 9.17) is 4.74 Å². The first kappa shape index (κ1) is 12.7. The van der Waals surface area contributed by atoms with Gasteiger partial charge < -0.3 is 4.74 Å². The van der Waals surface area contributed by atoms with Crippen molar-refractivity contribution in [3.8, 4) is 5.75 Å². The van der Waals surface area contributed by atoms with Gasteiger partial charge in [-0.25, -0.2) is 0 Å². The van der Waals surface area contributed by atoms with Crippen LogP contribution in [0.15, 0.2) is 53.4 Å². The van der Waals surface area contributed by atoms with E-state index in [9.17, 15) is 4.79 Å². The number of aldehydes is 1. The summed E-state index contributed by atoms with van der Waals surface area (Å²) in [6, 6.07) is 15.8. The number of ether oxygens (including phenoxy) is 1. The molecular formula is C15H14O2S. The molecule has 0 aliphatic rings. The fourth-order valence-corrected chi connectivity index (χ4v) is 2.71. The molecule has 3 heteroatoms. The van der Waals surface area contributed by atoms with E-state index in [2.05, 4.69) is 12.1 Å². The Kier molecular flexibility index (Phi) is 4.42. The maximum atomic E-state index is 10.9. The Bertz CT molecular complexity index is 523. The average molecular weight is 258 g/mol. The van der Waals surface area contributed by atoms with E-state index in [0.29, 0.717) is 11.3 Å². The lowest BCUT2D eigenvalue weighted by atomic mass is 10.2. The third kappa shape index (κ3) is 2.93. The first-order valence-corrected chi connectivity index (χ1v) is 6.62. The van der Waals surface area contributed by atoms with Crippen molar-refractivity contribution in [2.24, 2.45) is 0 Å². The number of carbonyl (C=O) groups excluding carboxylic acids is 1. The summed E-state index contributed by atoms with van der Waals surface area (Å²) in [6.07, 6.45) is 0.825. The van der Waals surface area contributed by atoms with Crippen molar-refractivity contribution in [1.82, 2.24) is 0 Å². The van der Waals surface area contributed by atoms with Crippen LogP contribution in [0.3, 0.4) is 0 Å². The zero-order valence-corrected chi connectivity index (χ0v) is 10.9. The van der Waals surface area contributed by atoms with Crippen LogP contribution in [0.1, 0.15) is 15.9 Å². The zero-order chi connectivity index (χ0) is 12.8. The van der Waals surface area contributed by atoms with Crippen molar-refractivity contribution >= 4 is 18.0 Å². The summed E-state index contributed by atoms with van der Waals surface area (Å²) >= 11 is 1.67. The van der Waals surface area contributed by atoms with Gasteiger partial charge in [0.25, 0.3) is 0 Å². The summed E-state index contributed by atoms with van der Waals surface area (Å²) in [6.45, 7) is 0. The molecule has 2 rings (SSSR count). The highest BCUT2D eigenvalue weighted by atomic mass is 32.2. The lowest BCUT2D eigenvalue weighted by Crippen LogP contribution is -1.92. The molecule has 0 saturated heterocycles. The van der Waals surface area contributed by atoms with Crippen LogP contribution >= 0.6 is 11.8 Å². The maximum Gasteiger partial charge on any atom is 0.153 e. The number of methoxy groups -OCH3 is 1. The number of para-hydroxylation sites is 1. The Morgan fingerprint density at radius 2 is 1.89 bits per heavy atom. The Balaban J connectivity index is 2.16. The second-order valence-corrected chi connectivity index (χ2v) is 4.79. The molecule has 0 N–H and O–H groups in total. The molecule has 0 saturated carbocycles. The summed E-state index contributed by atoms with van der Waals surface area (Å²) < 4.78 is 5.30. The first-order chi connectivity index (χ1) is 8.85. The SMILES string of the molecule is COc1c(C=O)cccc1SCc1ccccc1. The molecule has 92 valence electrons. The summed E-state index contributed by atoms with van der Waals surface area (Å²) in [4.78, 5) is 11.9. The molecule has 0 spiro atoms. The van der Waals surface area contributed by atoms with Gasteiger partial charge in [0.05, 0.1) is 17.6 Å². The average Bonchev–Trinajstić information content (AvgIpc) is 2.45. The molecule has 0 atom stereocenters. The lowest BCUT2D eigenvalue weighted by Gasteiger charge is -2.09. The predicted octanol–water partition coefficient (Wildman–Crippen LogP) is 3.80. The van der Waals surface area contributed by atoms with Crippen molar-refractivity contribution in [3.05, 3.63) is 59.7 Å². The molecule has 2 aromatic carbocycles. The highest BCUT2D eigenvalue weighted by Crippen LogP contribution is 2.33. The van der Waals surface area contributed by atoms with E-state index < -0.39 is 0 Å². The van der Waals surface area contributed by atoms with Crippen LogP contribution in [0, 0.1) is 0 Å². The molecule has 0 amide bonds. The third-order valence-electron chi connectivity index (χ3n) is 2.58. The van der Waals surface area contributed by atoms with E-state index in [1.165, 1.54) is 5.56 Å². The molecule has 0 aliphatic carbocycles. The van der Waals surface area contributed by atoms with Crippen molar-refractivity contribution in [2.45, 2.75) is 10.6 Å². The largest absolute Gasteiger partial charge is 0.495 e. The van der Waals surface area contributed by atoms with E-state index in [0.717, 1.165) is 16.9 Å². The standard InChI is InChI=1S/C15H14O2S/c1-17-15-13(10-16)8-5-9-14(15)18-11-12-6-3-2-4-7-12/h2-10H,11H2,1H3. The smallest absolute Gasteiger partial charge is 0.153 e. The van der Waals surface area contributed by atoms with E-state index >= 15 is 0 Å². The number of carbonyl (C=O) groups is 1.